The van der Waals surface area contributed by atoms with Gasteiger partial charge in [-0.05, 0) is 33.0 Å². The fraction of sp³-hybridized carbons (Fsp3) is 0.615. The smallest absolute Gasteiger partial charge is 0.134 e. The van der Waals surface area contributed by atoms with Crippen molar-refractivity contribution >= 4 is 5.82 Å². The zero-order valence-electron chi connectivity index (χ0n) is 10.6. The minimum Gasteiger partial charge on any atom is -0.392 e. The van der Waals surface area contributed by atoms with Gasteiger partial charge in [0.05, 0.1) is 6.61 Å². The Labute approximate surface area is 103 Å². The van der Waals surface area contributed by atoms with E-state index in [1.54, 1.807) is 6.20 Å². The minimum atomic E-state index is 0.0578. The Morgan fingerprint density at radius 2 is 2.29 bits per heavy atom. The summed E-state index contributed by atoms with van der Waals surface area (Å²) in [6.45, 7) is 5.46. The van der Waals surface area contributed by atoms with Crippen LogP contribution in [0, 0.1) is 0 Å². The van der Waals surface area contributed by atoms with Gasteiger partial charge in [0, 0.05) is 30.9 Å². The van der Waals surface area contributed by atoms with Crippen molar-refractivity contribution in [1.29, 1.82) is 0 Å². The first-order valence-corrected chi connectivity index (χ1v) is 6.22. The molecule has 1 aliphatic heterocycles. The Bertz CT molecular complexity index is 369. The average molecular weight is 235 g/mol. The number of likely N-dealkylation sites (N-methyl/N-ethyl adjacent to an activating group) is 1. The van der Waals surface area contributed by atoms with Crippen molar-refractivity contribution < 1.29 is 5.11 Å². The Morgan fingerprint density at radius 1 is 1.47 bits per heavy atom. The first-order chi connectivity index (χ1) is 8.22. The highest BCUT2D eigenvalue weighted by Gasteiger charge is 2.22. The van der Waals surface area contributed by atoms with Gasteiger partial charge in [-0.1, -0.05) is 6.07 Å². The maximum Gasteiger partial charge on any atom is 0.134 e. The number of hydrogen-bond acceptors (Lipinski definition) is 4. The SMILES string of the molecule is CC1CN(C)CCCN1c1ncccc1CO. The molecular formula is C13H21N3O. The summed E-state index contributed by atoms with van der Waals surface area (Å²) in [7, 11) is 2.16. The van der Waals surface area contributed by atoms with E-state index in [0.29, 0.717) is 6.04 Å². The molecule has 17 heavy (non-hydrogen) atoms. The summed E-state index contributed by atoms with van der Waals surface area (Å²) in [5.74, 6) is 0.942. The van der Waals surface area contributed by atoms with Gasteiger partial charge in [0.2, 0.25) is 0 Å². The van der Waals surface area contributed by atoms with E-state index >= 15 is 0 Å². The molecule has 1 unspecified atom stereocenters. The zero-order valence-corrected chi connectivity index (χ0v) is 10.6. The van der Waals surface area contributed by atoms with Gasteiger partial charge >= 0.3 is 0 Å². The molecule has 0 amide bonds. The molecule has 0 spiro atoms. The highest BCUT2D eigenvalue weighted by molar-refractivity contribution is 5.47. The zero-order chi connectivity index (χ0) is 12.3. The van der Waals surface area contributed by atoms with E-state index in [4.69, 9.17) is 0 Å². The van der Waals surface area contributed by atoms with E-state index < -0.39 is 0 Å². The number of hydrogen-bond donors (Lipinski definition) is 1. The number of aliphatic hydroxyl groups is 1. The topological polar surface area (TPSA) is 39.6 Å². The van der Waals surface area contributed by atoms with Crippen LogP contribution in [0.3, 0.4) is 0 Å². The van der Waals surface area contributed by atoms with E-state index in [0.717, 1.165) is 37.4 Å². The predicted octanol–water partition coefficient (Wildman–Crippen LogP) is 1.10. The molecule has 1 atom stereocenters. The van der Waals surface area contributed by atoms with Crippen LogP contribution in [0.25, 0.3) is 0 Å². The third-order valence-electron chi connectivity index (χ3n) is 3.36. The molecule has 0 aromatic carbocycles. The van der Waals surface area contributed by atoms with Crippen molar-refractivity contribution in [1.82, 2.24) is 9.88 Å². The minimum absolute atomic E-state index is 0.0578. The summed E-state index contributed by atoms with van der Waals surface area (Å²) in [6, 6.07) is 4.26. The van der Waals surface area contributed by atoms with Gasteiger partial charge in [-0.25, -0.2) is 4.98 Å². The lowest BCUT2D eigenvalue weighted by Gasteiger charge is -2.30. The normalized spacial score (nSPS) is 22.5. The average Bonchev–Trinajstić information content (AvgIpc) is 2.50. The van der Waals surface area contributed by atoms with Crippen molar-refractivity contribution in [2.75, 3.05) is 31.6 Å². The third-order valence-corrected chi connectivity index (χ3v) is 3.36. The standard InChI is InChI=1S/C13H21N3O/c1-11-9-15(2)7-4-8-16(11)13-12(10-17)5-3-6-14-13/h3,5-6,11,17H,4,7-10H2,1-2H3. The van der Waals surface area contributed by atoms with E-state index in [-0.39, 0.29) is 6.61 Å². The second-order valence-corrected chi connectivity index (χ2v) is 4.80. The fourth-order valence-corrected chi connectivity index (χ4v) is 2.50. The summed E-state index contributed by atoms with van der Waals surface area (Å²) in [4.78, 5) is 9.11. The fourth-order valence-electron chi connectivity index (χ4n) is 2.50. The molecule has 4 heteroatoms. The summed E-state index contributed by atoms with van der Waals surface area (Å²) in [6.07, 6.45) is 2.94. The van der Waals surface area contributed by atoms with Crippen LogP contribution in [0.5, 0.6) is 0 Å². The third kappa shape index (κ3) is 2.76. The van der Waals surface area contributed by atoms with Gasteiger partial charge in [-0.2, -0.15) is 0 Å². The number of rotatable bonds is 2. The van der Waals surface area contributed by atoms with E-state index in [2.05, 4.69) is 28.8 Å². The van der Waals surface area contributed by atoms with Gasteiger partial charge in [0.1, 0.15) is 5.82 Å². The number of aliphatic hydroxyl groups excluding tert-OH is 1. The van der Waals surface area contributed by atoms with Crippen LogP contribution < -0.4 is 4.90 Å². The molecule has 0 aliphatic carbocycles. The van der Waals surface area contributed by atoms with Gasteiger partial charge < -0.3 is 14.9 Å². The molecule has 4 nitrogen and oxygen atoms in total. The van der Waals surface area contributed by atoms with Gasteiger partial charge in [-0.15, -0.1) is 0 Å². The second kappa shape index (κ2) is 5.47. The molecule has 1 aliphatic rings. The molecule has 0 saturated carbocycles. The highest BCUT2D eigenvalue weighted by atomic mass is 16.3. The van der Waals surface area contributed by atoms with Crippen LogP contribution in [0.1, 0.15) is 18.9 Å². The van der Waals surface area contributed by atoms with E-state index in [1.165, 1.54) is 0 Å². The molecule has 0 bridgehead atoms. The molecular weight excluding hydrogens is 214 g/mol. The van der Waals surface area contributed by atoms with Crippen molar-refractivity contribution in [3.05, 3.63) is 23.9 Å². The summed E-state index contributed by atoms with van der Waals surface area (Å²) in [5, 5.41) is 9.38. The first-order valence-electron chi connectivity index (χ1n) is 6.22. The quantitative estimate of drug-likeness (QED) is 0.833. The molecule has 0 radical (unpaired) electrons. The number of pyridine rings is 1. The summed E-state index contributed by atoms with van der Waals surface area (Å²) >= 11 is 0. The molecule has 1 fully saturated rings. The Hall–Kier alpha value is -1.13. The Kier molecular flexibility index (Phi) is 3.97. The lowest BCUT2D eigenvalue weighted by Crippen LogP contribution is -2.39. The van der Waals surface area contributed by atoms with Crippen molar-refractivity contribution in [3.63, 3.8) is 0 Å². The largest absolute Gasteiger partial charge is 0.392 e. The van der Waals surface area contributed by atoms with Crippen LogP contribution in [-0.4, -0.2) is 47.7 Å². The van der Waals surface area contributed by atoms with Crippen molar-refractivity contribution in [3.8, 4) is 0 Å². The van der Waals surface area contributed by atoms with E-state index in [1.807, 2.05) is 12.1 Å². The lowest BCUT2D eigenvalue weighted by molar-refractivity contribution is 0.281. The number of nitrogens with zero attached hydrogens (tertiary/aromatic N) is 3. The molecule has 94 valence electrons. The summed E-state index contributed by atoms with van der Waals surface area (Å²) < 4.78 is 0. The first kappa shape index (κ1) is 12.3. The van der Waals surface area contributed by atoms with Crippen LogP contribution in [0.15, 0.2) is 18.3 Å². The van der Waals surface area contributed by atoms with Gasteiger partial charge in [0.15, 0.2) is 0 Å². The molecule has 2 heterocycles. The van der Waals surface area contributed by atoms with Crippen LogP contribution in [-0.2, 0) is 6.61 Å². The summed E-state index contributed by atoms with van der Waals surface area (Å²) in [5.41, 5.74) is 0.920. The van der Waals surface area contributed by atoms with Crippen molar-refractivity contribution in [2.45, 2.75) is 26.0 Å². The molecule has 1 saturated heterocycles. The highest BCUT2D eigenvalue weighted by Crippen LogP contribution is 2.21. The monoisotopic (exact) mass is 235 g/mol. The van der Waals surface area contributed by atoms with Crippen LogP contribution >= 0.6 is 0 Å². The van der Waals surface area contributed by atoms with E-state index in [9.17, 15) is 5.11 Å². The van der Waals surface area contributed by atoms with Crippen molar-refractivity contribution in [2.24, 2.45) is 0 Å². The second-order valence-electron chi connectivity index (χ2n) is 4.80. The van der Waals surface area contributed by atoms with Crippen LogP contribution in [0.4, 0.5) is 5.82 Å². The molecule has 1 aromatic rings. The Balaban J connectivity index is 2.25. The maximum atomic E-state index is 9.38. The van der Waals surface area contributed by atoms with Gasteiger partial charge in [0.25, 0.3) is 0 Å². The number of aromatic nitrogens is 1. The number of anilines is 1. The predicted molar refractivity (Wildman–Crippen MR) is 69.1 cm³/mol. The maximum absolute atomic E-state index is 9.38. The molecule has 1 N–H and O–H groups in total. The van der Waals surface area contributed by atoms with Gasteiger partial charge in [-0.3, -0.25) is 0 Å². The lowest BCUT2D eigenvalue weighted by atomic mass is 10.2. The van der Waals surface area contributed by atoms with Crippen LogP contribution in [0.2, 0.25) is 0 Å². The molecule has 2 rings (SSSR count). The Morgan fingerprint density at radius 3 is 3.06 bits per heavy atom. The molecule has 1 aromatic heterocycles.